The Morgan fingerprint density at radius 3 is 2.58 bits per heavy atom. The van der Waals surface area contributed by atoms with Crippen LogP contribution in [0.3, 0.4) is 0 Å². The normalized spacial score (nSPS) is 10.9. The van der Waals surface area contributed by atoms with Crippen LogP contribution in [0.4, 0.5) is 4.39 Å². The quantitative estimate of drug-likeness (QED) is 0.569. The van der Waals surface area contributed by atoms with Crippen LogP contribution in [0.25, 0.3) is 22.3 Å². The number of para-hydroxylation sites is 1. The zero-order valence-electron chi connectivity index (χ0n) is 12.4. The van der Waals surface area contributed by atoms with E-state index in [1.807, 2.05) is 12.1 Å². The molecule has 2 aromatic heterocycles. The van der Waals surface area contributed by atoms with Crippen molar-refractivity contribution in [1.29, 1.82) is 0 Å². The van der Waals surface area contributed by atoms with E-state index in [-0.39, 0.29) is 11.7 Å². The van der Waals surface area contributed by atoms with Crippen molar-refractivity contribution in [3.05, 3.63) is 78.2 Å². The van der Waals surface area contributed by atoms with Crippen molar-refractivity contribution in [2.75, 3.05) is 0 Å². The van der Waals surface area contributed by atoms with Gasteiger partial charge in [0.15, 0.2) is 0 Å². The molecule has 116 valence electrons. The Kier molecular flexibility index (Phi) is 3.35. The Balaban J connectivity index is 1.85. The highest BCUT2D eigenvalue weighted by Gasteiger charge is 2.18. The lowest BCUT2D eigenvalue weighted by atomic mass is 10.1. The SMILES string of the molecule is O=C(c1cccnc1-c1ccc(F)cc1)n1nnc2ccccc21. The van der Waals surface area contributed by atoms with E-state index in [0.29, 0.717) is 27.9 Å². The number of aromatic nitrogens is 4. The summed E-state index contributed by atoms with van der Waals surface area (Å²) in [6.07, 6.45) is 1.59. The van der Waals surface area contributed by atoms with E-state index in [1.165, 1.54) is 16.8 Å². The third kappa shape index (κ3) is 2.34. The zero-order valence-corrected chi connectivity index (χ0v) is 12.4. The second kappa shape index (κ2) is 5.66. The molecule has 24 heavy (non-hydrogen) atoms. The molecule has 0 saturated heterocycles. The van der Waals surface area contributed by atoms with Gasteiger partial charge in [0.05, 0.1) is 16.8 Å². The minimum absolute atomic E-state index is 0.337. The van der Waals surface area contributed by atoms with Crippen LogP contribution in [0, 0.1) is 5.82 Å². The van der Waals surface area contributed by atoms with Gasteiger partial charge >= 0.3 is 0 Å². The number of carbonyl (C=O) groups excluding carboxylic acids is 1. The van der Waals surface area contributed by atoms with Crippen LogP contribution < -0.4 is 0 Å². The lowest BCUT2D eigenvalue weighted by molar-refractivity contribution is 0.0948. The van der Waals surface area contributed by atoms with Crippen LogP contribution in [0.1, 0.15) is 10.4 Å². The molecule has 0 unspecified atom stereocenters. The van der Waals surface area contributed by atoms with E-state index in [0.717, 1.165) is 0 Å². The van der Waals surface area contributed by atoms with Crippen LogP contribution in [0.5, 0.6) is 0 Å². The molecule has 2 aromatic carbocycles. The predicted molar refractivity (Wildman–Crippen MR) is 86.9 cm³/mol. The number of nitrogens with zero attached hydrogens (tertiary/aromatic N) is 4. The summed E-state index contributed by atoms with van der Waals surface area (Å²) < 4.78 is 14.4. The summed E-state index contributed by atoms with van der Waals surface area (Å²) in [7, 11) is 0. The lowest BCUT2D eigenvalue weighted by Crippen LogP contribution is -2.15. The van der Waals surface area contributed by atoms with E-state index < -0.39 is 0 Å². The van der Waals surface area contributed by atoms with Gasteiger partial charge in [-0.05, 0) is 48.5 Å². The van der Waals surface area contributed by atoms with Gasteiger partial charge < -0.3 is 0 Å². The van der Waals surface area contributed by atoms with Crippen molar-refractivity contribution in [3.8, 4) is 11.3 Å². The summed E-state index contributed by atoms with van der Waals surface area (Å²) in [6.45, 7) is 0. The van der Waals surface area contributed by atoms with Crippen LogP contribution >= 0.6 is 0 Å². The molecule has 0 fully saturated rings. The molecule has 0 aliphatic carbocycles. The van der Waals surface area contributed by atoms with E-state index in [4.69, 9.17) is 0 Å². The van der Waals surface area contributed by atoms with Crippen LogP contribution in [0.15, 0.2) is 66.9 Å². The molecule has 0 spiro atoms. The van der Waals surface area contributed by atoms with Gasteiger partial charge in [-0.1, -0.05) is 17.3 Å². The molecule has 0 saturated carbocycles. The first-order valence-corrected chi connectivity index (χ1v) is 7.30. The summed E-state index contributed by atoms with van der Waals surface area (Å²) in [5.74, 6) is -0.680. The van der Waals surface area contributed by atoms with Crippen molar-refractivity contribution < 1.29 is 9.18 Å². The van der Waals surface area contributed by atoms with Crippen LogP contribution in [-0.2, 0) is 0 Å². The molecule has 0 atom stereocenters. The fourth-order valence-electron chi connectivity index (χ4n) is 2.55. The first-order chi connectivity index (χ1) is 11.7. The average Bonchev–Trinajstić information content (AvgIpc) is 3.06. The van der Waals surface area contributed by atoms with Crippen LogP contribution in [-0.4, -0.2) is 25.9 Å². The van der Waals surface area contributed by atoms with E-state index in [1.54, 1.807) is 42.6 Å². The molecular weight excluding hydrogens is 307 g/mol. The molecule has 4 rings (SSSR count). The van der Waals surface area contributed by atoms with Gasteiger partial charge in [0.25, 0.3) is 5.91 Å². The van der Waals surface area contributed by atoms with Crippen molar-refractivity contribution in [1.82, 2.24) is 20.0 Å². The van der Waals surface area contributed by atoms with E-state index >= 15 is 0 Å². The van der Waals surface area contributed by atoms with Gasteiger partial charge in [-0.15, -0.1) is 5.10 Å². The van der Waals surface area contributed by atoms with Gasteiger partial charge in [0.2, 0.25) is 0 Å². The summed E-state index contributed by atoms with van der Waals surface area (Å²) in [4.78, 5) is 17.2. The molecule has 0 N–H and O–H groups in total. The molecule has 0 aliphatic heterocycles. The number of rotatable bonds is 2. The Labute approximate surface area is 136 Å². The number of pyridine rings is 1. The minimum Gasteiger partial charge on any atom is -0.267 e. The molecule has 0 amide bonds. The number of benzene rings is 2. The van der Waals surface area contributed by atoms with Gasteiger partial charge in [-0.2, -0.15) is 4.68 Å². The van der Waals surface area contributed by atoms with E-state index in [2.05, 4.69) is 15.3 Å². The molecule has 5 nitrogen and oxygen atoms in total. The molecule has 6 heteroatoms. The summed E-state index contributed by atoms with van der Waals surface area (Å²) in [5, 5.41) is 7.95. The van der Waals surface area contributed by atoms with Gasteiger partial charge in [-0.25, -0.2) is 4.39 Å². The summed E-state index contributed by atoms with van der Waals surface area (Å²) >= 11 is 0. The number of hydrogen-bond acceptors (Lipinski definition) is 4. The predicted octanol–water partition coefficient (Wildman–Crippen LogP) is 3.32. The van der Waals surface area contributed by atoms with Crippen molar-refractivity contribution >= 4 is 16.9 Å². The molecule has 0 bridgehead atoms. The molecule has 0 aliphatic rings. The second-order valence-corrected chi connectivity index (χ2v) is 5.20. The number of hydrogen-bond donors (Lipinski definition) is 0. The Morgan fingerprint density at radius 2 is 1.75 bits per heavy atom. The molecular formula is C18H11FN4O. The zero-order chi connectivity index (χ0) is 16.5. The van der Waals surface area contributed by atoms with Gasteiger partial charge in [-0.3, -0.25) is 9.78 Å². The average molecular weight is 318 g/mol. The van der Waals surface area contributed by atoms with Crippen molar-refractivity contribution in [2.24, 2.45) is 0 Å². The smallest absolute Gasteiger partial charge is 0.267 e. The first-order valence-electron chi connectivity index (χ1n) is 7.30. The van der Waals surface area contributed by atoms with E-state index in [9.17, 15) is 9.18 Å². The third-order valence-electron chi connectivity index (χ3n) is 3.70. The standard InChI is InChI=1S/C18H11FN4O/c19-13-9-7-12(8-10-13)17-14(4-3-11-20-17)18(24)23-16-6-2-1-5-15(16)21-22-23/h1-11H. The minimum atomic E-state index is -0.343. The number of carbonyl (C=O) groups is 1. The Hall–Kier alpha value is -3.41. The number of halogens is 1. The highest BCUT2D eigenvalue weighted by atomic mass is 19.1. The molecule has 2 heterocycles. The second-order valence-electron chi connectivity index (χ2n) is 5.20. The monoisotopic (exact) mass is 318 g/mol. The van der Waals surface area contributed by atoms with Crippen LogP contribution in [0.2, 0.25) is 0 Å². The fraction of sp³-hybridized carbons (Fsp3) is 0. The summed E-state index contributed by atoms with van der Waals surface area (Å²) in [6, 6.07) is 16.4. The maximum Gasteiger partial charge on any atom is 0.282 e. The highest BCUT2D eigenvalue weighted by molar-refractivity contribution is 6.04. The maximum absolute atomic E-state index is 13.1. The Morgan fingerprint density at radius 1 is 0.958 bits per heavy atom. The van der Waals surface area contributed by atoms with Crippen molar-refractivity contribution in [2.45, 2.75) is 0 Å². The largest absolute Gasteiger partial charge is 0.282 e. The number of fused-ring (bicyclic) bond motifs is 1. The van der Waals surface area contributed by atoms with Gasteiger partial charge in [0, 0.05) is 11.8 Å². The maximum atomic E-state index is 13.1. The molecule has 4 aromatic rings. The Bertz CT molecular complexity index is 1040. The summed E-state index contributed by atoms with van der Waals surface area (Å²) in [5.41, 5.74) is 2.76. The van der Waals surface area contributed by atoms with Crippen molar-refractivity contribution in [3.63, 3.8) is 0 Å². The molecule has 0 radical (unpaired) electrons. The first kappa shape index (κ1) is 14.2. The lowest BCUT2D eigenvalue weighted by Gasteiger charge is -2.08. The topological polar surface area (TPSA) is 60.7 Å². The highest BCUT2D eigenvalue weighted by Crippen LogP contribution is 2.23. The fourth-order valence-corrected chi connectivity index (χ4v) is 2.55. The third-order valence-corrected chi connectivity index (χ3v) is 3.70. The van der Waals surface area contributed by atoms with Gasteiger partial charge in [0.1, 0.15) is 11.3 Å².